The van der Waals surface area contributed by atoms with E-state index in [9.17, 15) is 8.42 Å². The smallest absolute Gasteiger partial charge is 0.264 e. The van der Waals surface area contributed by atoms with Gasteiger partial charge in [0.2, 0.25) is 0 Å². The van der Waals surface area contributed by atoms with E-state index in [-0.39, 0.29) is 5.75 Å². The normalized spacial score (nSPS) is 11.8. The van der Waals surface area contributed by atoms with E-state index < -0.39 is 10.1 Å². The molecule has 1 aromatic carbocycles. The molecule has 0 amide bonds. The van der Waals surface area contributed by atoms with E-state index in [1.807, 2.05) is 0 Å². The molecule has 1 N–H and O–H groups in total. The summed E-state index contributed by atoms with van der Waals surface area (Å²) in [6.07, 6.45) is 21.3. The molecule has 1 rings (SSSR count). The van der Waals surface area contributed by atoms with Crippen molar-refractivity contribution in [1.82, 2.24) is 0 Å². The van der Waals surface area contributed by atoms with Gasteiger partial charge in [-0.3, -0.25) is 4.55 Å². The van der Waals surface area contributed by atoms with Crippen LogP contribution in [0.4, 0.5) is 0 Å². The highest BCUT2D eigenvalue weighted by molar-refractivity contribution is 7.85. The minimum atomic E-state index is -3.76. The van der Waals surface area contributed by atoms with Crippen LogP contribution in [0.2, 0.25) is 0 Å². The van der Waals surface area contributed by atoms with Gasteiger partial charge in [-0.1, -0.05) is 120 Å². The Labute approximate surface area is 174 Å². The number of unbranched alkanes of at least 4 members (excludes halogenated alkanes) is 15. The number of hydrogen-bond acceptors (Lipinski definition) is 2. The van der Waals surface area contributed by atoms with E-state index in [4.69, 9.17) is 4.55 Å². The molecule has 0 fully saturated rings. The lowest BCUT2D eigenvalue weighted by atomic mass is 10.0. The summed E-state index contributed by atoms with van der Waals surface area (Å²) in [5.74, 6) is -0.0827. The fraction of sp³-hybridized carbons (Fsp3) is 0.750. The van der Waals surface area contributed by atoms with Gasteiger partial charge in [-0.25, -0.2) is 0 Å². The standard InChI is InChI=1S/C24H42O3S/c25-28(26,27)23-19-14-12-10-8-6-4-2-1-3-5-7-9-11-13-16-20-24-21-17-15-18-22-24/h15,17-18,21-22H,1-14,16,19-20,23H2,(H,25,26,27). The third-order valence-electron chi connectivity index (χ3n) is 5.46. The van der Waals surface area contributed by atoms with Crippen LogP contribution in [0.25, 0.3) is 0 Å². The van der Waals surface area contributed by atoms with Gasteiger partial charge in [0.1, 0.15) is 0 Å². The Morgan fingerprint density at radius 2 is 0.893 bits per heavy atom. The van der Waals surface area contributed by atoms with Crippen molar-refractivity contribution in [3.63, 3.8) is 0 Å². The van der Waals surface area contributed by atoms with E-state index in [1.54, 1.807) is 0 Å². The number of aryl methyl sites for hydroxylation is 1. The van der Waals surface area contributed by atoms with Crippen LogP contribution < -0.4 is 0 Å². The van der Waals surface area contributed by atoms with Gasteiger partial charge in [-0.2, -0.15) is 8.42 Å². The van der Waals surface area contributed by atoms with Crippen LogP contribution in [0.15, 0.2) is 30.3 Å². The van der Waals surface area contributed by atoms with Gasteiger partial charge in [-0.15, -0.1) is 0 Å². The molecule has 0 saturated carbocycles. The number of hydrogen-bond donors (Lipinski definition) is 1. The molecular weight excluding hydrogens is 368 g/mol. The quantitative estimate of drug-likeness (QED) is 0.191. The first kappa shape index (κ1) is 25.2. The lowest BCUT2D eigenvalue weighted by molar-refractivity contribution is 0.478. The molecule has 0 radical (unpaired) electrons. The fourth-order valence-electron chi connectivity index (χ4n) is 3.73. The summed E-state index contributed by atoms with van der Waals surface area (Å²) in [7, 11) is -3.76. The molecule has 0 bridgehead atoms. The van der Waals surface area contributed by atoms with Crippen LogP contribution in [0.5, 0.6) is 0 Å². The van der Waals surface area contributed by atoms with Crippen LogP contribution in [0, 0.1) is 0 Å². The molecule has 3 nitrogen and oxygen atoms in total. The summed E-state index contributed by atoms with van der Waals surface area (Å²) >= 11 is 0. The minimum absolute atomic E-state index is 0.0827. The first-order chi connectivity index (χ1) is 13.6. The zero-order chi connectivity index (χ0) is 20.3. The Hall–Kier alpha value is -0.870. The van der Waals surface area contributed by atoms with Crippen LogP contribution in [0.3, 0.4) is 0 Å². The Morgan fingerprint density at radius 3 is 1.29 bits per heavy atom. The van der Waals surface area contributed by atoms with Crippen molar-refractivity contribution in [3.8, 4) is 0 Å². The molecule has 0 aliphatic rings. The van der Waals surface area contributed by atoms with Gasteiger partial charge in [0.15, 0.2) is 0 Å². The third kappa shape index (κ3) is 17.2. The van der Waals surface area contributed by atoms with Gasteiger partial charge in [0.05, 0.1) is 5.75 Å². The second kappa shape index (κ2) is 17.0. The van der Waals surface area contributed by atoms with E-state index in [1.165, 1.54) is 95.5 Å². The fourth-order valence-corrected chi connectivity index (χ4v) is 4.30. The van der Waals surface area contributed by atoms with Crippen LogP contribution >= 0.6 is 0 Å². The van der Waals surface area contributed by atoms with E-state index >= 15 is 0 Å². The first-order valence-electron chi connectivity index (χ1n) is 11.6. The lowest BCUT2D eigenvalue weighted by Crippen LogP contribution is -2.03. The molecule has 0 saturated heterocycles. The van der Waals surface area contributed by atoms with Gasteiger partial charge < -0.3 is 0 Å². The molecule has 1 aromatic rings. The summed E-state index contributed by atoms with van der Waals surface area (Å²) < 4.78 is 29.8. The van der Waals surface area contributed by atoms with Crippen molar-refractivity contribution in [2.45, 2.75) is 109 Å². The highest BCUT2D eigenvalue weighted by atomic mass is 32.2. The topological polar surface area (TPSA) is 54.4 Å². The summed E-state index contributed by atoms with van der Waals surface area (Å²) in [4.78, 5) is 0. The summed E-state index contributed by atoms with van der Waals surface area (Å²) in [6.45, 7) is 0. The zero-order valence-corrected chi connectivity index (χ0v) is 18.6. The second-order valence-corrected chi connectivity index (χ2v) is 9.75. The Morgan fingerprint density at radius 1 is 0.536 bits per heavy atom. The number of benzene rings is 1. The molecule has 162 valence electrons. The van der Waals surface area contributed by atoms with Crippen molar-refractivity contribution >= 4 is 10.1 Å². The third-order valence-corrected chi connectivity index (χ3v) is 6.27. The highest BCUT2D eigenvalue weighted by Gasteiger charge is 2.02. The monoisotopic (exact) mass is 410 g/mol. The second-order valence-electron chi connectivity index (χ2n) is 8.18. The molecule has 0 unspecified atom stereocenters. The summed E-state index contributed by atoms with van der Waals surface area (Å²) in [5.41, 5.74) is 1.47. The SMILES string of the molecule is O=S(=O)(O)CCCCCCCCCCCCCCCCCCc1ccccc1. The van der Waals surface area contributed by atoms with Crippen molar-refractivity contribution < 1.29 is 13.0 Å². The van der Waals surface area contributed by atoms with Gasteiger partial charge in [0, 0.05) is 0 Å². The molecule has 0 heterocycles. The average molecular weight is 411 g/mol. The minimum Gasteiger partial charge on any atom is -0.286 e. The van der Waals surface area contributed by atoms with Crippen molar-refractivity contribution in [2.24, 2.45) is 0 Å². The summed E-state index contributed by atoms with van der Waals surface area (Å²) in [6, 6.07) is 10.8. The maximum absolute atomic E-state index is 10.6. The van der Waals surface area contributed by atoms with Crippen LogP contribution in [0.1, 0.15) is 108 Å². The Balaban J connectivity index is 1.71. The molecule has 0 aliphatic heterocycles. The summed E-state index contributed by atoms with van der Waals surface area (Å²) in [5, 5.41) is 0. The predicted octanol–water partition coefficient (Wildman–Crippen LogP) is 7.36. The van der Waals surface area contributed by atoms with E-state index in [2.05, 4.69) is 30.3 Å². The zero-order valence-electron chi connectivity index (χ0n) is 17.8. The highest BCUT2D eigenvalue weighted by Crippen LogP contribution is 2.14. The van der Waals surface area contributed by atoms with Gasteiger partial charge >= 0.3 is 0 Å². The maximum atomic E-state index is 10.6. The maximum Gasteiger partial charge on any atom is 0.264 e. The molecule has 0 aromatic heterocycles. The van der Waals surface area contributed by atoms with Crippen molar-refractivity contribution in [2.75, 3.05) is 5.75 Å². The van der Waals surface area contributed by atoms with Crippen molar-refractivity contribution in [3.05, 3.63) is 35.9 Å². The first-order valence-corrected chi connectivity index (χ1v) is 13.2. The van der Waals surface area contributed by atoms with E-state index in [0.29, 0.717) is 6.42 Å². The van der Waals surface area contributed by atoms with Crippen LogP contribution in [-0.2, 0) is 16.5 Å². The molecule has 0 aliphatic carbocycles. The van der Waals surface area contributed by atoms with Gasteiger partial charge in [-0.05, 0) is 24.8 Å². The largest absolute Gasteiger partial charge is 0.286 e. The predicted molar refractivity (Wildman–Crippen MR) is 120 cm³/mol. The van der Waals surface area contributed by atoms with Gasteiger partial charge in [0.25, 0.3) is 10.1 Å². The van der Waals surface area contributed by atoms with E-state index in [0.717, 1.165) is 12.8 Å². The van der Waals surface area contributed by atoms with Crippen LogP contribution in [-0.4, -0.2) is 18.7 Å². The number of rotatable bonds is 19. The Bertz CT molecular complexity index is 554. The molecule has 28 heavy (non-hydrogen) atoms. The molecule has 0 spiro atoms. The lowest BCUT2D eigenvalue weighted by Gasteiger charge is -2.04. The molecule has 4 heteroatoms. The molecular formula is C24H42O3S. The average Bonchev–Trinajstić information content (AvgIpc) is 2.67. The Kier molecular flexibility index (Phi) is 15.3. The molecule has 0 atom stereocenters. The van der Waals surface area contributed by atoms with Crippen molar-refractivity contribution in [1.29, 1.82) is 0 Å².